The van der Waals surface area contributed by atoms with E-state index in [0.717, 1.165) is 48.7 Å². The maximum Gasteiger partial charge on any atom is 0.244 e. The zero-order chi connectivity index (χ0) is 18.1. The Morgan fingerprint density at radius 2 is 1.85 bits per heavy atom. The van der Waals surface area contributed by atoms with Crippen molar-refractivity contribution < 1.29 is 13.3 Å². The van der Waals surface area contributed by atoms with Crippen molar-refractivity contribution in [2.24, 2.45) is 5.73 Å². The van der Waals surface area contributed by atoms with E-state index in [0.29, 0.717) is 11.7 Å². The van der Waals surface area contributed by atoms with Crippen LogP contribution in [0.2, 0.25) is 0 Å². The highest BCUT2D eigenvalue weighted by atomic mass is 35.5. The summed E-state index contributed by atoms with van der Waals surface area (Å²) in [6.45, 7) is 0. The minimum Gasteiger partial charge on any atom is -0.338 e. The zero-order valence-corrected chi connectivity index (χ0v) is 15.9. The van der Waals surface area contributed by atoms with Crippen LogP contribution in [0.25, 0.3) is 0 Å². The van der Waals surface area contributed by atoms with E-state index in [-0.39, 0.29) is 17.3 Å². The van der Waals surface area contributed by atoms with E-state index < -0.39 is 22.4 Å². The summed E-state index contributed by atoms with van der Waals surface area (Å²) in [6, 6.07) is 12.8. The molecule has 0 bridgehead atoms. The minimum absolute atomic E-state index is 0. The smallest absolute Gasteiger partial charge is 0.244 e. The highest BCUT2D eigenvalue weighted by molar-refractivity contribution is 7.99. The second kappa shape index (κ2) is 7.96. The monoisotopic (exact) mass is 409 g/mol. The van der Waals surface area contributed by atoms with E-state index in [2.05, 4.69) is 10.1 Å². The van der Waals surface area contributed by atoms with E-state index in [1.807, 2.05) is 30.3 Å². The summed E-state index contributed by atoms with van der Waals surface area (Å²) in [5, 5.41) is 3.58. The van der Waals surface area contributed by atoms with Crippen LogP contribution in [0.3, 0.4) is 0 Å². The van der Waals surface area contributed by atoms with Gasteiger partial charge in [0, 0.05) is 4.90 Å². The molecule has 4 rings (SSSR count). The van der Waals surface area contributed by atoms with Crippen LogP contribution < -0.4 is 5.73 Å². The van der Waals surface area contributed by atoms with Gasteiger partial charge in [-0.15, -0.1) is 24.2 Å². The molecule has 1 aromatic heterocycles. The molecular formula is C19H18ClF2N3OS. The van der Waals surface area contributed by atoms with Gasteiger partial charge in [-0.3, -0.25) is 0 Å². The molecule has 1 atom stereocenters. The van der Waals surface area contributed by atoms with Crippen LogP contribution in [0.4, 0.5) is 8.78 Å². The first-order valence-corrected chi connectivity index (χ1v) is 9.23. The molecule has 1 aliphatic rings. The molecule has 2 aromatic carbocycles. The molecule has 3 aromatic rings. The summed E-state index contributed by atoms with van der Waals surface area (Å²) in [6.07, 6.45) is 2.66. The molecule has 1 unspecified atom stereocenters. The van der Waals surface area contributed by atoms with E-state index in [1.54, 1.807) is 0 Å². The molecule has 1 saturated carbocycles. The molecule has 0 aliphatic heterocycles. The molecule has 1 heterocycles. The van der Waals surface area contributed by atoms with Crippen LogP contribution in [0.5, 0.6) is 0 Å². The number of hydrogen-bond acceptors (Lipinski definition) is 5. The quantitative estimate of drug-likeness (QED) is 0.601. The number of halogens is 3. The summed E-state index contributed by atoms with van der Waals surface area (Å²) in [5.74, 6) is -0.190. The third kappa shape index (κ3) is 4.00. The number of hydrogen-bond donors (Lipinski definition) is 1. The van der Waals surface area contributed by atoms with Crippen molar-refractivity contribution in [3.8, 4) is 0 Å². The zero-order valence-electron chi connectivity index (χ0n) is 14.3. The molecule has 0 amide bonds. The predicted molar refractivity (Wildman–Crippen MR) is 102 cm³/mol. The van der Waals surface area contributed by atoms with Gasteiger partial charge in [0.1, 0.15) is 16.9 Å². The Bertz CT molecular complexity index is 918. The molecule has 2 N–H and O–H groups in total. The van der Waals surface area contributed by atoms with Crippen molar-refractivity contribution >= 4 is 24.2 Å². The maximum atomic E-state index is 14.1. The second-order valence-corrected chi connectivity index (χ2v) is 7.60. The first kappa shape index (κ1) is 19.8. The van der Waals surface area contributed by atoms with Crippen LogP contribution in [0.1, 0.15) is 41.8 Å². The fraction of sp³-hybridized carbons (Fsp3) is 0.263. The van der Waals surface area contributed by atoms with Gasteiger partial charge in [-0.25, -0.2) is 8.78 Å². The van der Waals surface area contributed by atoms with Crippen LogP contribution in [-0.4, -0.2) is 10.1 Å². The lowest BCUT2D eigenvalue weighted by molar-refractivity contribution is 0.229. The molecular weight excluding hydrogens is 392 g/mol. The second-order valence-electron chi connectivity index (χ2n) is 6.45. The topological polar surface area (TPSA) is 64.9 Å². The van der Waals surface area contributed by atoms with Crippen LogP contribution in [0, 0.1) is 11.6 Å². The number of nitrogens with zero attached hydrogens (tertiary/aromatic N) is 2. The van der Waals surface area contributed by atoms with Crippen molar-refractivity contribution in [1.82, 2.24) is 10.1 Å². The Labute approximate surface area is 165 Å². The fourth-order valence-corrected chi connectivity index (χ4v) is 4.01. The van der Waals surface area contributed by atoms with Crippen molar-refractivity contribution in [3.05, 3.63) is 77.4 Å². The molecule has 1 aliphatic carbocycles. The van der Waals surface area contributed by atoms with Gasteiger partial charge in [0.2, 0.25) is 5.89 Å². The summed E-state index contributed by atoms with van der Waals surface area (Å²) < 4.78 is 33.2. The van der Waals surface area contributed by atoms with E-state index in [4.69, 9.17) is 10.3 Å². The van der Waals surface area contributed by atoms with E-state index in [9.17, 15) is 8.78 Å². The van der Waals surface area contributed by atoms with Crippen molar-refractivity contribution in [3.63, 3.8) is 0 Å². The lowest BCUT2D eigenvalue weighted by Gasteiger charge is -2.34. The molecule has 0 radical (unpaired) electrons. The van der Waals surface area contributed by atoms with Crippen molar-refractivity contribution in [2.45, 2.75) is 34.9 Å². The Morgan fingerprint density at radius 3 is 2.52 bits per heavy atom. The van der Waals surface area contributed by atoms with Crippen molar-refractivity contribution in [2.75, 3.05) is 0 Å². The van der Waals surface area contributed by atoms with Gasteiger partial charge in [0.15, 0.2) is 5.82 Å². The first-order chi connectivity index (χ1) is 12.5. The van der Waals surface area contributed by atoms with E-state index in [1.165, 1.54) is 6.07 Å². The summed E-state index contributed by atoms with van der Waals surface area (Å²) in [4.78, 5) is 4.67. The Kier molecular flexibility index (Phi) is 5.83. The Hall–Kier alpha value is -1.96. The standard InChI is InChI=1S/C19H17F2N3OS.ClH/c20-13-7-8-14(21)15(11-13)26-16(12-5-2-1-3-6-12)17-23-18(24-25-17)19(22)9-4-10-19;/h1-3,5-8,11,16H,4,9-10,22H2;1H. The summed E-state index contributed by atoms with van der Waals surface area (Å²) in [7, 11) is 0. The minimum atomic E-state index is -0.544. The van der Waals surface area contributed by atoms with Gasteiger partial charge >= 0.3 is 0 Å². The van der Waals surface area contributed by atoms with Gasteiger partial charge < -0.3 is 10.3 Å². The van der Waals surface area contributed by atoms with Gasteiger partial charge in [-0.05, 0) is 43.0 Å². The molecule has 0 saturated heterocycles. The molecule has 8 heteroatoms. The highest BCUT2D eigenvalue weighted by Crippen LogP contribution is 2.43. The third-order valence-electron chi connectivity index (χ3n) is 4.60. The molecule has 4 nitrogen and oxygen atoms in total. The number of rotatable bonds is 5. The average molecular weight is 410 g/mol. The molecule has 27 heavy (non-hydrogen) atoms. The fourth-order valence-electron chi connectivity index (χ4n) is 2.91. The van der Waals surface area contributed by atoms with Crippen LogP contribution in [-0.2, 0) is 5.54 Å². The normalized spacial score (nSPS) is 16.3. The average Bonchev–Trinajstić information content (AvgIpc) is 3.11. The largest absolute Gasteiger partial charge is 0.338 e. The first-order valence-electron chi connectivity index (χ1n) is 8.35. The van der Waals surface area contributed by atoms with Gasteiger partial charge in [-0.1, -0.05) is 35.5 Å². The maximum absolute atomic E-state index is 14.1. The van der Waals surface area contributed by atoms with Gasteiger partial charge in [0.05, 0.1) is 5.54 Å². The Balaban J connectivity index is 0.00000210. The summed E-state index contributed by atoms with van der Waals surface area (Å²) >= 11 is 1.13. The van der Waals surface area contributed by atoms with Crippen LogP contribution in [0.15, 0.2) is 57.9 Å². The summed E-state index contributed by atoms with van der Waals surface area (Å²) in [5.41, 5.74) is 6.59. The SMILES string of the molecule is Cl.NC1(c2noc(C(Sc3cc(F)ccc3F)c3ccccc3)n2)CCC1. The Morgan fingerprint density at radius 1 is 1.11 bits per heavy atom. The van der Waals surface area contributed by atoms with Gasteiger partial charge in [0.25, 0.3) is 0 Å². The number of thioether (sulfide) groups is 1. The highest BCUT2D eigenvalue weighted by Gasteiger charge is 2.39. The van der Waals surface area contributed by atoms with Crippen molar-refractivity contribution in [1.29, 1.82) is 0 Å². The van der Waals surface area contributed by atoms with Gasteiger partial charge in [-0.2, -0.15) is 4.98 Å². The third-order valence-corrected chi connectivity index (χ3v) is 5.87. The number of aromatic nitrogens is 2. The molecule has 1 fully saturated rings. The lowest BCUT2D eigenvalue weighted by atomic mass is 9.77. The number of benzene rings is 2. The van der Waals surface area contributed by atoms with Crippen LogP contribution >= 0.6 is 24.2 Å². The molecule has 142 valence electrons. The number of nitrogens with two attached hydrogens (primary N) is 1. The lowest BCUT2D eigenvalue weighted by Crippen LogP contribution is -2.44. The van der Waals surface area contributed by atoms with E-state index >= 15 is 0 Å². The molecule has 0 spiro atoms. The predicted octanol–water partition coefficient (Wildman–Crippen LogP) is 4.99.